The fraction of sp³-hybridized carbons (Fsp3) is 0.688. The second-order valence-corrected chi connectivity index (χ2v) is 7.95. The average Bonchev–Trinajstić information content (AvgIpc) is 3.04. The van der Waals surface area contributed by atoms with Gasteiger partial charge < -0.3 is 9.73 Å². The highest BCUT2D eigenvalue weighted by Crippen LogP contribution is 2.20. The maximum atomic E-state index is 12.2. The third kappa shape index (κ3) is 5.35. The van der Waals surface area contributed by atoms with E-state index in [0.717, 1.165) is 18.8 Å². The van der Waals surface area contributed by atoms with Gasteiger partial charge in [0.25, 0.3) is 0 Å². The van der Waals surface area contributed by atoms with E-state index >= 15 is 0 Å². The van der Waals surface area contributed by atoms with Crippen LogP contribution in [-0.2, 0) is 14.6 Å². The van der Waals surface area contributed by atoms with E-state index in [0.29, 0.717) is 13.0 Å². The molecule has 1 heterocycles. The maximum Gasteiger partial charge on any atom is 0.238 e. The zero-order valence-electron chi connectivity index (χ0n) is 14.4. The van der Waals surface area contributed by atoms with Gasteiger partial charge in [-0.3, -0.25) is 9.69 Å². The van der Waals surface area contributed by atoms with Crippen molar-refractivity contribution in [2.75, 3.05) is 25.4 Å². The van der Waals surface area contributed by atoms with Gasteiger partial charge in [-0.25, -0.2) is 8.42 Å². The average molecular weight is 344 g/mol. The van der Waals surface area contributed by atoms with E-state index in [1.807, 2.05) is 26.0 Å². The van der Waals surface area contributed by atoms with Crippen LogP contribution in [0.25, 0.3) is 0 Å². The fourth-order valence-electron chi connectivity index (χ4n) is 2.52. The van der Waals surface area contributed by atoms with Crippen molar-refractivity contribution in [3.05, 3.63) is 24.2 Å². The number of likely N-dealkylation sites (N-methyl/N-ethyl adjacent to an activating group) is 1. The van der Waals surface area contributed by atoms with Crippen molar-refractivity contribution in [2.45, 2.75) is 45.4 Å². The van der Waals surface area contributed by atoms with Gasteiger partial charge in [-0.05, 0) is 38.6 Å². The van der Waals surface area contributed by atoms with Crippen molar-refractivity contribution in [3.63, 3.8) is 0 Å². The minimum atomic E-state index is -3.39. The van der Waals surface area contributed by atoms with Crippen molar-refractivity contribution in [1.29, 1.82) is 0 Å². The zero-order valence-corrected chi connectivity index (χ0v) is 15.2. The van der Waals surface area contributed by atoms with E-state index < -0.39 is 21.0 Å². The molecule has 0 radical (unpaired) electrons. The summed E-state index contributed by atoms with van der Waals surface area (Å²) >= 11 is 0. The van der Waals surface area contributed by atoms with Crippen molar-refractivity contribution in [2.24, 2.45) is 0 Å². The first-order valence-electron chi connectivity index (χ1n) is 8.14. The molecule has 132 valence electrons. The molecule has 0 aliphatic rings. The molecule has 0 saturated carbocycles. The van der Waals surface area contributed by atoms with E-state index in [-0.39, 0.29) is 11.8 Å². The quantitative estimate of drug-likeness (QED) is 0.702. The number of sulfone groups is 1. The summed E-state index contributed by atoms with van der Waals surface area (Å²) in [6, 6.07) is 3.57. The molecular formula is C16H28N2O4S. The number of carbonyl (C=O) groups is 1. The van der Waals surface area contributed by atoms with Crippen LogP contribution in [0.1, 0.15) is 45.9 Å². The molecule has 7 heteroatoms. The van der Waals surface area contributed by atoms with Crippen LogP contribution in [0, 0.1) is 0 Å². The van der Waals surface area contributed by atoms with Gasteiger partial charge in [-0.15, -0.1) is 0 Å². The molecule has 0 bridgehead atoms. The smallest absolute Gasteiger partial charge is 0.238 e. The zero-order chi connectivity index (χ0) is 17.5. The number of hydrogen-bond donors (Lipinski definition) is 1. The number of carbonyl (C=O) groups excluding carboxylic acids is 1. The Morgan fingerprint density at radius 2 is 1.96 bits per heavy atom. The molecule has 0 aliphatic carbocycles. The van der Waals surface area contributed by atoms with Gasteiger partial charge in [-0.2, -0.15) is 0 Å². The standard InChI is InChI=1S/C16H28N2O4S/c1-5-11-23(20,21)13(4)16(19)17-12-14(18(6-2)7-3)15-9-8-10-22-15/h8-10,13-14H,5-7,11-12H2,1-4H3,(H,17,19)/t13-,14-/m0/s1. The van der Waals surface area contributed by atoms with Crippen molar-refractivity contribution >= 4 is 15.7 Å². The van der Waals surface area contributed by atoms with Crippen LogP contribution in [0.15, 0.2) is 22.8 Å². The lowest BCUT2D eigenvalue weighted by molar-refractivity contribution is -0.120. The Morgan fingerprint density at radius 1 is 1.30 bits per heavy atom. The van der Waals surface area contributed by atoms with Gasteiger partial charge in [0, 0.05) is 6.54 Å². The molecule has 0 spiro atoms. The van der Waals surface area contributed by atoms with Gasteiger partial charge in [-0.1, -0.05) is 20.8 Å². The Labute approximate surface area is 139 Å². The lowest BCUT2D eigenvalue weighted by Gasteiger charge is -2.28. The third-order valence-corrected chi connectivity index (χ3v) is 6.26. The second kappa shape index (κ2) is 9.08. The van der Waals surface area contributed by atoms with Crippen LogP contribution in [0.5, 0.6) is 0 Å². The summed E-state index contributed by atoms with van der Waals surface area (Å²) in [5.74, 6) is 0.333. The summed E-state index contributed by atoms with van der Waals surface area (Å²) in [7, 11) is -3.39. The number of furan rings is 1. The van der Waals surface area contributed by atoms with Gasteiger partial charge in [0.1, 0.15) is 11.0 Å². The van der Waals surface area contributed by atoms with Crippen molar-refractivity contribution in [1.82, 2.24) is 10.2 Å². The first-order valence-corrected chi connectivity index (χ1v) is 9.85. The fourth-order valence-corrected chi connectivity index (χ4v) is 3.85. The van der Waals surface area contributed by atoms with E-state index in [2.05, 4.69) is 10.2 Å². The Morgan fingerprint density at radius 3 is 2.43 bits per heavy atom. The summed E-state index contributed by atoms with van der Waals surface area (Å²) in [4.78, 5) is 14.4. The molecule has 0 unspecified atom stereocenters. The largest absolute Gasteiger partial charge is 0.468 e. The van der Waals surface area contributed by atoms with Gasteiger partial charge in [0.15, 0.2) is 9.84 Å². The van der Waals surface area contributed by atoms with Gasteiger partial charge in [0.2, 0.25) is 5.91 Å². The number of hydrogen-bond acceptors (Lipinski definition) is 5. The summed E-state index contributed by atoms with van der Waals surface area (Å²) in [6.45, 7) is 9.24. The molecule has 1 amide bonds. The summed E-state index contributed by atoms with van der Waals surface area (Å²) in [5, 5.41) is 1.73. The molecular weight excluding hydrogens is 316 g/mol. The molecule has 1 aromatic rings. The Balaban J connectivity index is 2.77. The predicted octanol–water partition coefficient (Wildman–Crippen LogP) is 1.99. The molecule has 0 aromatic carbocycles. The van der Waals surface area contributed by atoms with Crippen LogP contribution >= 0.6 is 0 Å². The van der Waals surface area contributed by atoms with Crippen LogP contribution in [0.2, 0.25) is 0 Å². The first-order chi connectivity index (χ1) is 10.9. The molecule has 0 aliphatic heterocycles. The summed E-state index contributed by atoms with van der Waals surface area (Å²) in [5.41, 5.74) is 0. The second-order valence-electron chi connectivity index (χ2n) is 5.51. The van der Waals surface area contributed by atoms with E-state index in [9.17, 15) is 13.2 Å². The maximum absolute atomic E-state index is 12.2. The molecule has 0 fully saturated rings. The minimum Gasteiger partial charge on any atom is -0.468 e. The number of amides is 1. The van der Waals surface area contributed by atoms with Crippen molar-refractivity contribution in [3.8, 4) is 0 Å². The van der Waals surface area contributed by atoms with E-state index in [1.165, 1.54) is 6.92 Å². The highest BCUT2D eigenvalue weighted by molar-refractivity contribution is 7.92. The minimum absolute atomic E-state index is 0.0270. The summed E-state index contributed by atoms with van der Waals surface area (Å²) in [6.07, 6.45) is 2.11. The molecule has 6 nitrogen and oxygen atoms in total. The van der Waals surface area contributed by atoms with E-state index in [1.54, 1.807) is 13.2 Å². The van der Waals surface area contributed by atoms with E-state index in [4.69, 9.17) is 4.42 Å². The van der Waals surface area contributed by atoms with Crippen LogP contribution in [0.4, 0.5) is 0 Å². The van der Waals surface area contributed by atoms with Crippen molar-refractivity contribution < 1.29 is 17.6 Å². The SMILES string of the molecule is CCCS(=O)(=O)[C@@H](C)C(=O)NC[C@@H](c1ccco1)N(CC)CC. The molecule has 2 atom stereocenters. The molecule has 1 rings (SSSR count). The predicted molar refractivity (Wildman–Crippen MR) is 90.9 cm³/mol. The normalized spacial score (nSPS) is 14.7. The molecule has 23 heavy (non-hydrogen) atoms. The monoisotopic (exact) mass is 344 g/mol. The number of nitrogens with zero attached hydrogens (tertiary/aromatic N) is 1. The lowest BCUT2D eigenvalue weighted by atomic mass is 10.2. The highest BCUT2D eigenvalue weighted by atomic mass is 32.2. The number of rotatable bonds is 10. The van der Waals surface area contributed by atoms with Gasteiger partial charge in [0.05, 0.1) is 18.1 Å². The van der Waals surface area contributed by atoms with Crippen LogP contribution in [-0.4, -0.2) is 49.9 Å². The Kier molecular flexibility index (Phi) is 7.78. The number of nitrogens with one attached hydrogen (secondary N) is 1. The highest BCUT2D eigenvalue weighted by Gasteiger charge is 2.28. The van der Waals surface area contributed by atoms with Crippen LogP contribution in [0.3, 0.4) is 0 Å². The first kappa shape index (κ1) is 19.7. The Bertz CT molecular complexity index is 565. The Hall–Kier alpha value is -1.34. The topological polar surface area (TPSA) is 79.6 Å². The lowest BCUT2D eigenvalue weighted by Crippen LogP contribution is -2.43. The molecule has 1 N–H and O–H groups in total. The summed E-state index contributed by atoms with van der Waals surface area (Å²) < 4.78 is 29.5. The van der Waals surface area contributed by atoms with Gasteiger partial charge >= 0.3 is 0 Å². The third-order valence-electron chi connectivity index (χ3n) is 3.99. The molecule has 1 aromatic heterocycles. The van der Waals surface area contributed by atoms with Crippen LogP contribution < -0.4 is 5.32 Å². The molecule has 0 saturated heterocycles.